The first-order valence-corrected chi connectivity index (χ1v) is 9.22. The predicted octanol–water partition coefficient (Wildman–Crippen LogP) is 2.21. The second kappa shape index (κ2) is 6.90. The first-order chi connectivity index (χ1) is 8.51. The second-order valence-corrected chi connectivity index (χ2v) is 10.6. The molecule has 0 saturated heterocycles. The van der Waals surface area contributed by atoms with Gasteiger partial charge < -0.3 is 19.6 Å². The molecule has 0 spiro atoms. The highest BCUT2D eigenvalue weighted by Gasteiger charge is 2.38. The number of rotatable bonds is 6. The number of hydrogen-bond acceptors (Lipinski definition) is 4. The standard InChI is InChI=1S/C12H25NO5Si/c1-7-17-11(16)13-9(10(14)15)8-18-19(5,6)12(2,3)4/h9H,7-8H2,1-6H3,(H,13,16)(H,14,15)/t9-/m0/s1. The molecule has 1 atom stereocenters. The molecule has 0 unspecified atom stereocenters. The summed E-state index contributed by atoms with van der Waals surface area (Å²) < 4.78 is 10.4. The van der Waals surface area contributed by atoms with E-state index >= 15 is 0 Å². The van der Waals surface area contributed by atoms with Crippen molar-refractivity contribution >= 4 is 20.4 Å². The van der Waals surface area contributed by atoms with Crippen LogP contribution in [0.1, 0.15) is 27.7 Å². The number of carbonyl (C=O) groups excluding carboxylic acids is 1. The van der Waals surface area contributed by atoms with E-state index in [1.165, 1.54) is 0 Å². The Hall–Kier alpha value is -1.08. The van der Waals surface area contributed by atoms with Crippen LogP contribution in [0.25, 0.3) is 0 Å². The Kier molecular flexibility index (Phi) is 6.51. The lowest BCUT2D eigenvalue weighted by atomic mass is 10.2. The maximum atomic E-state index is 11.2. The average molecular weight is 291 g/mol. The molecule has 6 nitrogen and oxygen atoms in total. The number of amides is 1. The first-order valence-electron chi connectivity index (χ1n) is 6.31. The normalized spacial score (nSPS) is 13.8. The lowest BCUT2D eigenvalue weighted by molar-refractivity contribution is -0.140. The quantitative estimate of drug-likeness (QED) is 0.733. The summed E-state index contributed by atoms with van der Waals surface area (Å²) in [5, 5.41) is 11.3. The third-order valence-electron chi connectivity index (χ3n) is 3.28. The number of carboxylic acids is 1. The molecule has 0 bridgehead atoms. The summed E-state index contributed by atoms with van der Waals surface area (Å²) in [6, 6.07) is -1.09. The summed E-state index contributed by atoms with van der Waals surface area (Å²) >= 11 is 0. The van der Waals surface area contributed by atoms with Gasteiger partial charge in [-0.3, -0.25) is 0 Å². The molecule has 0 saturated carbocycles. The molecule has 1 amide bonds. The van der Waals surface area contributed by atoms with E-state index in [1.54, 1.807) is 6.92 Å². The van der Waals surface area contributed by atoms with E-state index in [-0.39, 0.29) is 18.3 Å². The third kappa shape index (κ3) is 6.06. The molecule has 0 rings (SSSR count). The van der Waals surface area contributed by atoms with E-state index in [9.17, 15) is 9.59 Å². The van der Waals surface area contributed by atoms with Gasteiger partial charge in [-0.05, 0) is 25.1 Å². The Morgan fingerprint density at radius 3 is 2.21 bits per heavy atom. The number of ether oxygens (including phenoxy) is 1. The van der Waals surface area contributed by atoms with Gasteiger partial charge in [0.15, 0.2) is 14.4 Å². The van der Waals surface area contributed by atoms with Gasteiger partial charge in [0.05, 0.1) is 13.2 Å². The monoisotopic (exact) mass is 291 g/mol. The zero-order chi connectivity index (χ0) is 15.3. The minimum absolute atomic E-state index is 0.0139. The first kappa shape index (κ1) is 17.9. The molecule has 0 heterocycles. The van der Waals surface area contributed by atoms with Crippen molar-refractivity contribution in [1.29, 1.82) is 0 Å². The molecule has 0 aliphatic heterocycles. The number of carboxylic acid groups (broad SMARTS) is 1. The largest absolute Gasteiger partial charge is 0.480 e. The van der Waals surface area contributed by atoms with Crippen LogP contribution in [0.15, 0.2) is 0 Å². The lowest BCUT2D eigenvalue weighted by Gasteiger charge is -2.36. The molecule has 0 aliphatic carbocycles. The summed E-state index contributed by atoms with van der Waals surface area (Å²) in [6.45, 7) is 12.0. The Morgan fingerprint density at radius 2 is 1.84 bits per heavy atom. The van der Waals surface area contributed by atoms with Gasteiger partial charge in [0.2, 0.25) is 0 Å². The van der Waals surface area contributed by atoms with E-state index in [1.807, 2.05) is 13.1 Å². The SMILES string of the molecule is CCOC(=O)N[C@@H](CO[Si](C)(C)C(C)(C)C)C(=O)O. The van der Waals surface area contributed by atoms with Crippen molar-refractivity contribution in [2.24, 2.45) is 0 Å². The zero-order valence-electron chi connectivity index (χ0n) is 12.6. The van der Waals surface area contributed by atoms with Gasteiger partial charge in [-0.15, -0.1) is 0 Å². The minimum Gasteiger partial charge on any atom is -0.480 e. The molecule has 19 heavy (non-hydrogen) atoms. The van der Waals surface area contributed by atoms with Gasteiger partial charge >= 0.3 is 12.1 Å². The summed E-state index contributed by atoms with van der Waals surface area (Å²) in [5.41, 5.74) is 0. The average Bonchev–Trinajstić information content (AvgIpc) is 2.22. The number of aliphatic carboxylic acids is 1. The van der Waals surface area contributed by atoms with Gasteiger partial charge in [-0.1, -0.05) is 20.8 Å². The van der Waals surface area contributed by atoms with Crippen LogP contribution in [0, 0.1) is 0 Å². The Labute approximate surface area is 115 Å². The van der Waals surface area contributed by atoms with Crippen molar-refractivity contribution in [2.45, 2.75) is 51.9 Å². The molecule has 0 aliphatic rings. The maximum absolute atomic E-state index is 11.2. The molecular formula is C12H25NO5Si. The van der Waals surface area contributed by atoms with Crippen LogP contribution < -0.4 is 5.32 Å². The number of hydrogen-bond donors (Lipinski definition) is 2. The minimum atomic E-state index is -2.04. The summed E-state index contributed by atoms with van der Waals surface area (Å²) in [7, 11) is -2.04. The van der Waals surface area contributed by atoms with Crippen LogP contribution in [-0.4, -0.2) is 44.7 Å². The van der Waals surface area contributed by atoms with Crippen LogP contribution in [0.4, 0.5) is 4.79 Å². The van der Waals surface area contributed by atoms with Gasteiger partial charge in [-0.25, -0.2) is 9.59 Å². The van der Waals surface area contributed by atoms with Gasteiger partial charge in [-0.2, -0.15) is 0 Å². The van der Waals surface area contributed by atoms with Crippen molar-refractivity contribution in [3.8, 4) is 0 Å². The zero-order valence-corrected chi connectivity index (χ0v) is 13.6. The van der Waals surface area contributed by atoms with Crippen LogP contribution in [0.5, 0.6) is 0 Å². The van der Waals surface area contributed by atoms with Gasteiger partial charge in [0, 0.05) is 0 Å². The van der Waals surface area contributed by atoms with Crippen LogP contribution >= 0.6 is 0 Å². The van der Waals surface area contributed by atoms with E-state index in [0.29, 0.717) is 0 Å². The van der Waals surface area contributed by atoms with Gasteiger partial charge in [0.25, 0.3) is 0 Å². The predicted molar refractivity (Wildman–Crippen MR) is 74.7 cm³/mol. The highest BCUT2D eigenvalue weighted by atomic mass is 28.4. The van der Waals surface area contributed by atoms with E-state index in [2.05, 4.69) is 30.8 Å². The fraction of sp³-hybridized carbons (Fsp3) is 0.833. The van der Waals surface area contributed by atoms with Gasteiger partial charge in [0.1, 0.15) is 0 Å². The summed E-state index contributed by atoms with van der Waals surface area (Å²) in [5.74, 6) is -1.13. The fourth-order valence-corrected chi connectivity index (χ4v) is 2.01. The lowest BCUT2D eigenvalue weighted by Crippen LogP contribution is -2.49. The smallest absolute Gasteiger partial charge is 0.407 e. The topological polar surface area (TPSA) is 84.9 Å². The van der Waals surface area contributed by atoms with Crippen molar-refractivity contribution in [1.82, 2.24) is 5.32 Å². The Morgan fingerprint density at radius 1 is 1.32 bits per heavy atom. The molecule has 0 aromatic heterocycles. The Balaban J connectivity index is 4.54. The Bertz CT molecular complexity index is 325. The van der Waals surface area contributed by atoms with Crippen LogP contribution in [0.2, 0.25) is 18.1 Å². The van der Waals surface area contributed by atoms with Crippen LogP contribution in [-0.2, 0) is 14.0 Å². The van der Waals surface area contributed by atoms with E-state index in [0.717, 1.165) is 0 Å². The number of nitrogens with one attached hydrogen (secondary N) is 1. The molecule has 112 valence electrons. The third-order valence-corrected chi connectivity index (χ3v) is 7.78. The summed E-state index contributed by atoms with van der Waals surface area (Å²) in [4.78, 5) is 22.3. The molecule has 2 N–H and O–H groups in total. The van der Waals surface area contributed by atoms with Crippen molar-refractivity contribution in [2.75, 3.05) is 13.2 Å². The van der Waals surface area contributed by atoms with Crippen molar-refractivity contribution in [3.63, 3.8) is 0 Å². The highest BCUT2D eigenvalue weighted by molar-refractivity contribution is 6.74. The molecule has 7 heteroatoms. The molecular weight excluding hydrogens is 266 g/mol. The van der Waals surface area contributed by atoms with Crippen LogP contribution in [0.3, 0.4) is 0 Å². The van der Waals surface area contributed by atoms with E-state index < -0.39 is 26.4 Å². The molecule has 0 aromatic rings. The molecule has 0 fully saturated rings. The highest BCUT2D eigenvalue weighted by Crippen LogP contribution is 2.36. The number of carbonyl (C=O) groups is 2. The molecule has 0 radical (unpaired) electrons. The summed E-state index contributed by atoms with van der Waals surface area (Å²) in [6.07, 6.45) is -0.742. The number of alkyl carbamates (subject to hydrolysis) is 1. The van der Waals surface area contributed by atoms with Crippen molar-refractivity contribution < 1.29 is 23.9 Å². The van der Waals surface area contributed by atoms with E-state index in [4.69, 9.17) is 9.53 Å². The van der Waals surface area contributed by atoms with Crippen molar-refractivity contribution in [3.05, 3.63) is 0 Å². The fourth-order valence-electron chi connectivity index (χ4n) is 0.998. The second-order valence-electron chi connectivity index (χ2n) is 5.83. The molecule has 0 aromatic carbocycles. The maximum Gasteiger partial charge on any atom is 0.407 e.